The van der Waals surface area contributed by atoms with Crippen LogP contribution in [0.2, 0.25) is 0 Å². The highest BCUT2D eigenvalue weighted by molar-refractivity contribution is 14.0. The third kappa shape index (κ3) is 9.36. The second kappa shape index (κ2) is 15.4. The Morgan fingerprint density at radius 1 is 1.12 bits per heavy atom. The maximum Gasteiger partial charge on any atom is 0.222 e. The van der Waals surface area contributed by atoms with Gasteiger partial charge in [0.05, 0.1) is 25.8 Å². The van der Waals surface area contributed by atoms with Crippen LogP contribution in [0.3, 0.4) is 0 Å². The van der Waals surface area contributed by atoms with E-state index in [1.807, 2.05) is 24.0 Å². The smallest absolute Gasteiger partial charge is 0.222 e. The largest absolute Gasteiger partial charge is 0.379 e. The fraction of sp³-hybridized carbons (Fsp3) is 0.667. The molecule has 33 heavy (non-hydrogen) atoms. The standard InChI is InChI=1S/C24H38FN5O2.HI/c1-2-26-24(27-12-6-14-30-13-5-3-4-7-23(30)31)28-19-22(29-15-17-32-18-16-29)20-8-10-21(25)11-9-20;/h8-11,22H,2-7,12-19H2,1H3,(H2,26,27,28);1H. The molecule has 0 radical (unpaired) electrons. The lowest BCUT2D eigenvalue weighted by Gasteiger charge is -2.34. The molecule has 1 aromatic carbocycles. The Bertz CT molecular complexity index is 728. The SMILES string of the molecule is CCNC(=NCC(c1ccc(F)cc1)N1CCOCC1)NCCCN1CCCCCC1=O.I. The Morgan fingerprint density at radius 3 is 2.61 bits per heavy atom. The number of rotatable bonds is 9. The van der Waals surface area contributed by atoms with Gasteiger partial charge in [0.2, 0.25) is 5.91 Å². The van der Waals surface area contributed by atoms with Crippen LogP contribution in [-0.2, 0) is 9.53 Å². The first-order valence-corrected chi connectivity index (χ1v) is 12.0. The van der Waals surface area contributed by atoms with Crippen LogP contribution in [0.4, 0.5) is 4.39 Å². The van der Waals surface area contributed by atoms with Crippen LogP contribution in [0, 0.1) is 5.82 Å². The quantitative estimate of drug-likeness (QED) is 0.205. The fourth-order valence-corrected chi connectivity index (χ4v) is 4.28. The Hall–Kier alpha value is -1.46. The molecule has 2 aliphatic rings. The molecule has 0 spiro atoms. The molecule has 1 amide bonds. The lowest BCUT2D eigenvalue weighted by atomic mass is 10.0. The minimum Gasteiger partial charge on any atom is -0.379 e. The highest BCUT2D eigenvalue weighted by Gasteiger charge is 2.23. The van der Waals surface area contributed by atoms with Crippen LogP contribution in [0.1, 0.15) is 50.6 Å². The molecule has 9 heteroatoms. The lowest BCUT2D eigenvalue weighted by Crippen LogP contribution is -2.42. The molecule has 3 rings (SSSR count). The molecule has 0 bridgehead atoms. The van der Waals surface area contributed by atoms with Gasteiger partial charge in [-0.15, -0.1) is 24.0 Å². The maximum atomic E-state index is 13.5. The Balaban J connectivity index is 0.00000385. The van der Waals surface area contributed by atoms with E-state index in [4.69, 9.17) is 9.73 Å². The highest BCUT2D eigenvalue weighted by Crippen LogP contribution is 2.22. The van der Waals surface area contributed by atoms with Gasteiger partial charge in [-0.2, -0.15) is 0 Å². The normalized spacial score (nSPS) is 18.9. The Labute approximate surface area is 214 Å². The zero-order valence-corrected chi connectivity index (χ0v) is 22.1. The molecule has 0 aliphatic carbocycles. The summed E-state index contributed by atoms with van der Waals surface area (Å²) in [6.45, 7) is 8.91. The van der Waals surface area contributed by atoms with Gasteiger partial charge in [-0.3, -0.25) is 14.7 Å². The predicted octanol–water partition coefficient (Wildman–Crippen LogP) is 3.16. The van der Waals surface area contributed by atoms with Gasteiger partial charge in [-0.05, 0) is 43.9 Å². The number of guanidine groups is 1. The average molecular weight is 576 g/mol. The number of amides is 1. The predicted molar refractivity (Wildman–Crippen MR) is 141 cm³/mol. The first kappa shape index (κ1) is 27.8. The summed E-state index contributed by atoms with van der Waals surface area (Å²) in [4.78, 5) is 21.4. The van der Waals surface area contributed by atoms with E-state index < -0.39 is 0 Å². The zero-order chi connectivity index (χ0) is 22.6. The molecular weight excluding hydrogens is 536 g/mol. The summed E-state index contributed by atoms with van der Waals surface area (Å²) >= 11 is 0. The summed E-state index contributed by atoms with van der Waals surface area (Å²) in [7, 11) is 0. The summed E-state index contributed by atoms with van der Waals surface area (Å²) in [5.41, 5.74) is 1.06. The number of ether oxygens (including phenoxy) is 1. The monoisotopic (exact) mass is 575 g/mol. The Kier molecular flexibility index (Phi) is 13.0. The first-order chi connectivity index (χ1) is 15.7. The van der Waals surface area contributed by atoms with E-state index in [0.717, 1.165) is 76.5 Å². The first-order valence-electron chi connectivity index (χ1n) is 12.0. The summed E-state index contributed by atoms with van der Waals surface area (Å²) in [6.07, 6.45) is 4.85. The number of hydrogen-bond donors (Lipinski definition) is 2. The van der Waals surface area contributed by atoms with Crippen molar-refractivity contribution in [1.29, 1.82) is 0 Å². The minimum atomic E-state index is -0.226. The van der Waals surface area contributed by atoms with Gasteiger partial charge in [0.15, 0.2) is 5.96 Å². The van der Waals surface area contributed by atoms with Gasteiger partial charge >= 0.3 is 0 Å². The van der Waals surface area contributed by atoms with Crippen LogP contribution < -0.4 is 10.6 Å². The van der Waals surface area contributed by atoms with Crippen molar-refractivity contribution in [1.82, 2.24) is 20.4 Å². The van der Waals surface area contributed by atoms with Crippen molar-refractivity contribution in [2.24, 2.45) is 4.99 Å². The second-order valence-electron chi connectivity index (χ2n) is 8.41. The van der Waals surface area contributed by atoms with E-state index in [1.54, 1.807) is 0 Å². The number of nitrogens with one attached hydrogen (secondary N) is 2. The van der Waals surface area contributed by atoms with Crippen LogP contribution >= 0.6 is 24.0 Å². The van der Waals surface area contributed by atoms with Gasteiger partial charge < -0.3 is 20.3 Å². The van der Waals surface area contributed by atoms with E-state index in [0.29, 0.717) is 26.2 Å². The van der Waals surface area contributed by atoms with E-state index in [9.17, 15) is 9.18 Å². The maximum absolute atomic E-state index is 13.5. The molecule has 1 unspecified atom stereocenters. The van der Waals surface area contributed by atoms with Gasteiger partial charge in [0.1, 0.15) is 5.82 Å². The molecule has 1 atom stereocenters. The molecule has 2 aliphatic heterocycles. The molecule has 2 saturated heterocycles. The minimum absolute atomic E-state index is 0. The Morgan fingerprint density at radius 2 is 1.88 bits per heavy atom. The summed E-state index contributed by atoms with van der Waals surface area (Å²) in [5, 5.41) is 6.72. The third-order valence-electron chi connectivity index (χ3n) is 6.08. The van der Waals surface area contributed by atoms with E-state index in [2.05, 4.69) is 15.5 Å². The zero-order valence-electron chi connectivity index (χ0n) is 19.7. The van der Waals surface area contributed by atoms with Crippen LogP contribution in [0.15, 0.2) is 29.3 Å². The molecule has 7 nitrogen and oxygen atoms in total. The lowest BCUT2D eigenvalue weighted by molar-refractivity contribution is -0.130. The van der Waals surface area contributed by atoms with E-state index in [-0.39, 0.29) is 41.7 Å². The molecular formula is C24H39FIN5O2. The van der Waals surface area contributed by atoms with Gasteiger partial charge in [0.25, 0.3) is 0 Å². The summed E-state index contributed by atoms with van der Waals surface area (Å²) < 4.78 is 19.0. The number of nitrogens with zero attached hydrogens (tertiary/aromatic N) is 3. The van der Waals surface area contributed by atoms with Crippen molar-refractivity contribution in [2.45, 2.75) is 45.1 Å². The number of carbonyl (C=O) groups is 1. The molecule has 2 fully saturated rings. The van der Waals surface area contributed by atoms with Crippen LogP contribution in [0.5, 0.6) is 0 Å². The molecule has 2 heterocycles. The molecule has 186 valence electrons. The fourth-order valence-electron chi connectivity index (χ4n) is 4.28. The van der Waals surface area contributed by atoms with Crippen LogP contribution in [0.25, 0.3) is 0 Å². The molecule has 0 aromatic heterocycles. The number of benzene rings is 1. The number of aliphatic imine (C=N–C) groups is 1. The van der Waals surface area contributed by atoms with Crippen molar-refractivity contribution in [3.05, 3.63) is 35.6 Å². The molecule has 2 N–H and O–H groups in total. The number of hydrogen-bond acceptors (Lipinski definition) is 4. The summed E-state index contributed by atoms with van der Waals surface area (Å²) in [6, 6.07) is 6.80. The van der Waals surface area contributed by atoms with Gasteiger partial charge in [-0.25, -0.2) is 4.39 Å². The number of likely N-dealkylation sites (tertiary alicyclic amines) is 1. The van der Waals surface area contributed by atoms with E-state index in [1.165, 1.54) is 12.1 Å². The van der Waals surface area contributed by atoms with Crippen molar-refractivity contribution < 1.29 is 13.9 Å². The van der Waals surface area contributed by atoms with Crippen molar-refractivity contribution >= 4 is 35.8 Å². The van der Waals surface area contributed by atoms with Crippen molar-refractivity contribution in [3.63, 3.8) is 0 Å². The van der Waals surface area contributed by atoms with Crippen molar-refractivity contribution in [2.75, 3.05) is 59.0 Å². The van der Waals surface area contributed by atoms with Gasteiger partial charge in [0, 0.05) is 45.7 Å². The third-order valence-corrected chi connectivity index (χ3v) is 6.08. The van der Waals surface area contributed by atoms with Gasteiger partial charge in [-0.1, -0.05) is 18.6 Å². The van der Waals surface area contributed by atoms with Crippen LogP contribution in [-0.4, -0.2) is 80.7 Å². The van der Waals surface area contributed by atoms with E-state index >= 15 is 0 Å². The highest BCUT2D eigenvalue weighted by atomic mass is 127. The second-order valence-corrected chi connectivity index (χ2v) is 8.41. The topological polar surface area (TPSA) is 69.2 Å². The average Bonchev–Trinajstić information content (AvgIpc) is 3.02. The summed E-state index contributed by atoms with van der Waals surface area (Å²) in [5.74, 6) is 0.835. The number of carbonyl (C=O) groups excluding carboxylic acids is 1. The molecule has 0 saturated carbocycles. The number of morpholine rings is 1. The van der Waals surface area contributed by atoms with Crippen molar-refractivity contribution in [3.8, 4) is 0 Å². The molecule has 1 aromatic rings. The number of halogens is 2.